The second-order valence-corrected chi connectivity index (χ2v) is 6.56. The van der Waals surface area contributed by atoms with Crippen molar-refractivity contribution in [3.63, 3.8) is 0 Å². The van der Waals surface area contributed by atoms with E-state index in [0.29, 0.717) is 19.0 Å². The first kappa shape index (κ1) is 16.7. The fraction of sp³-hybridized carbons (Fsp3) is 0.316. The predicted octanol–water partition coefficient (Wildman–Crippen LogP) is 3.67. The molecular formula is C19H22ClN3O. The normalized spacial score (nSPS) is 16.9. The van der Waals surface area contributed by atoms with Crippen molar-refractivity contribution in [2.45, 2.75) is 13.0 Å². The highest BCUT2D eigenvalue weighted by Crippen LogP contribution is 2.24. The molecule has 2 aromatic rings. The minimum atomic E-state index is -0.108. The molecule has 24 heavy (non-hydrogen) atoms. The fourth-order valence-electron chi connectivity index (χ4n) is 2.96. The quantitative estimate of drug-likeness (QED) is 0.870. The van der Waals surface area contributed by atoms with Gasteiger partial charge in [-0.25, -0.2) is 4.79 Å². The van der Waals surface area contributed by atoms with E-state index >= 15 is 0 Å². The average Bonchev–Trinajstić information content (AvgIpc) is 3.09. The number of urea groups is 1. The zero-order valence-electron chi connectivity index (χ0n) is 13.5. The topological polar surface area (TPSA) is 44.4 Å². The molecule has 0 radical (unpaired) electrons. The summed E-state index contributed by atoms with van der Waals surface area (Å²) >= 11 is 5.93. The molecule has 1 aliphatic heterocycles. The first-order valence-corrected chi connectivity index (χ1v) is 8.64. The largest absolute Gasteiger partial charge is 0.371 e. The number of nitrogens with zero attached hydrogens (tertiary/aromatic N) is 1. The number of hydrogen-bond acceptors (Lipinski definition) is 2. The Bertz CT molecular complexity index is 660. The minimum Gasteiger partial charge on any atom is -0.371 e. The van der Waals surface area contributed by atoms with Gasteiger partial charge in [0.05, 0.1) is 0 Å². The van der Waals surface area contributed by atoms with Gasteiger partial charge in [-0.2, -0.15) is 0 Å². The van der Waals surface area contributed by atoms with Crippen LogP contribution in [-0.2, 0) is 6.54 Å². The smallest absolute Gasteiger partial charge is 0.315 e. The molecule has 0 aromatic heterocycles. The molecule has 0 spiro atoms. The van der Waals surface area contributed by atoms with Crippen LogP contribution in [0.4, 0.5) is 10.5 Å². The van der Waals surface area contributed by atoms with Gasteiger partial charge in [-0.3, -0.25) is 0 Å². The zero-order valence-corrected chi connectivity index (χ0v) is 14.3. The predicted molar refractivity (Wildman–Crippen MR) is 98.5 cm³/mol. The average molecular weight is 344 g/mol. The van der Waals surface area contributed by atoms with Gasteiger partial charge in [0.2, 0.25) is 0 Å². The van der Waals surface area contributed by atoms with E-state index in [1.54, 1.807) is 0 Å². The van der Waals surface area contributed by atoms with E-state index in [2.05, 4.69) is 15.5 Å². The zero-order chi connectivity index (χ0) is 16.8. The summed E-state index contributed by atoms with van der Waals surface area (Å²) in [5.41, 5.74) is 2.29. The van der Waals surface area contributed by atoms with Crippen molar-refractivity contribution in [1.29, 1.82) is 0 Å². The van der Waals surface area contributed by atoms with E-state index < -0.39 is 0 Å². The van der Waals surface area contributed by atoms with Gasteiger partial charge >= 0.3 is 6.03 Å². The number of anilines is 1. The molecule has 5 heteroatoms. The van der Waals surface area contributed by atoms with Gasteiger partial charge in [0.1, 0.15) is 0 Å². The van der Waals surface area contributed by atoms with Crippen LogP contribution in [0.3, 0.4) is 0 Å². The Labute approximate surface area is 147 Å². The second kappa shape index (κ2) is 8.06. The van der Waals surface area contributed by atoms with Crippen LogP contribution in [0.2, 0.25) is 5.02 Å². The highest BCUT2D eigenvalue weighted by atomic mass is 35.5. The Hall–Kier alpha value is -2.20. The number of hydrogen-bond donors (Lipinski definition) is 2. The number of nitrogens with one attached hydrogen (secondary N) is 2. The highest BCUT2D eigenvalue weighted by Gasteiger charge is 2.22. The third-order valence-electron chi connectivity index (χ3n) is 4.32. The van der Waals surface area contributed by atoms with E-state index in [0.717, 1.165) is 30.1 Å². The number of halogens is 1. The van der Waals surface area contributed by atoms with Crippen LogP contribution in [0.25, 0.3) is 0 Å². The van der Waals surface area contributed by atoms with Gasteiger partial charge in [-0.05, 0) is 42.2 Å². The van der Waals surface area contributed by atoms with E-state index in [4.69, 9.17) is 11.6 Å². The van der Waals surface area contributed by atoms with Crippen LogP contribution in [0.1, 0.15) is 12.0 Å². The number of carbonyl (C=O) groups is 1. The minimum absolute atomic E-state index is 0.108. The van der Waals surface area contributed by atoms with Crippen molar-refractivity contribution in [2.24, 2.45) is 5.92 Å². The van der Waals surface area contributed by atoms with Crippen molar-refractivity contribution in [2.75, 3.05) is 24.5 Å². The monoisotopic (exact) mass is 343 g/mol. The number of carbonyl (C=O) groups excluding carboxylic acids is 1. The molecule has 2 N–H and O–H groups in total. The highest BCUT2D eigenvalue weighted by molar-refractivity contribution is 6.30. The molecule has 1 fully saturated rings. The number of benzene rings is 2. The molecule has 1 unspecified atom stereocenters. The van der Waals surface area contributed by atoms with Crippen LogP contribution < -0.4 is 15.5 Å². The molecule has 4 nitrogen and oxygen atoms in total. The number of rotatable bonds is 5. The maximum atomic E-state index is 11.9. The molecule has 3 rings (SSSR count). The van der Waals surface area contributed by atoms with Crippen molar-refractivity contribution in [1.82, 2.24) is 10.6 Å². The van der Waals surface area contributed by atoms with E-state index in [1.807, 2.05) is 54.6 Å². The molecule has 1 heterocycles. The van der Waals surface area contributed by atoms with Gasteiger partial charge in [0.15, 0.2) is 0 Å². The molecule has 0 aliphatic carbocycles. The molecule has 0 bridgehead atoms. The summed E-state index contributed by atoms with van der Waals surface area (Å²) in [6, 6.07) is 17.7. The van der Waals surface area contributed by atoms with Gasteiger partial charge in [0, 0.05) is 36.9 Å². The molecule has 126 valence electrons. The summed E-state index contributed by atoms with van der Waals surface area (Å²) < 4.78 is 0. The summed E-state index contributed by atoms with van der Waals surface area (Å²) in [5.74, 6) is 0.475. The molecule has 2 amide bonds. The third kappa shape index (κ3) is 4.65. The van der Waals surface area contributed by atoms with Crippen molar-refractivity contribution < 1.29 is 4.79 Å². The summed E-state index contributed by atoms with van der Waals surface area (Å²) in [4.78, 5) is 14.2. The third-order valence-corrected chi connectivity index (χ3v) is 4.58. The second-order valence-electron chi connectivity index (χ2n) is 6.13. The lowest BCUT2D eigenvalue weighted by Crippen LogP contribution is -2.38. The Morgan fingerprint density at radius 3 is 2.58 bits per heavy atom. The van der Waals surface area contributed by atoms with Crippen LogP contribution in [0.15, 0.2) is 54.6 Å². The lowest BCUT2D eigenvalue weighted by Gasteiger charge is -2.19. The lowest BCUT2D eigenvalue weighted by molar-refractivity contribution is 0.239. The Balaban J connectivity index is 1.39. The van der Waals surface area contributed by atoms with Crippen LogP contribution in [0, 0.1) is 5.92 Å². The molecule has 0 saturated carbocycles. The summed E-state index contributed by atoms with van der Waals surface area (Å²) in [6.45, 7) is 3.22. The standard InChI is InChI=1S/C19H22ClN3O/c20-17-6-8-18(9-7-17)23-11-10-16(14-23)13-22-19(24)21-12-15-4-2-1-3-5-15/h1-9,16H,10-14H2,(H2,21,22,24). The molecule has 2 aromatic carbocycles. The maximum Gasteiger partial charge on any atom is 0.315 e. The lowest BCUT2D eigenvalue weighted by atomic mass is 10.1. The molecule has 1 aliphatic rings. The Morgan fingerprint density at radius 1 is 1.08 bits per heavy atom. The van der Waals surface area contributed by atoms with Crippen LogP contribution >= 0.6 is 11.6 Å². The molecule has 1 saturated heterocycles. The van der Waals surface area contributed by atoms with Crippen molar-refractivity contribution in [3.05, 3.63) is 65.2 Å². The van der Waals surface area contributed by atoms with E-state index in [-0.39, 0.29) is 6.03 Å². The van der Waals surface area contributed by atoms with Crippen molar-refractivity contribution in [3.8, 4) is 0 Å². The van der Waals surface area contributed by atoms with Crippen LogP contribution in [-0.4, -0.2) is 25.7 Å². The summed E-state index contributed by atoms with van der Waals surface area (Å²) in [7, 11) is 0. The van der Waals surface area contributed by atoms with E-state index in [9.17, 15) is 4.79 Å². The van der Waals surface area contributed by atoms with Gasteiger partial charge in [-0.1, -0.05) is 41.9 Å². The maximum absolute atomic E-state index is 11.9. The Kier molecular flexibility index (Phi) is 5.59. The van der Waals surface area contributed by atoms with Gasteiger partial charge in [0.25, 0.3) is 0 Å². The van der Waals surface area contributed by atoms with Gasteiger partial charge < -0.3 is 15.5 Å². The molecule has 1 atom stereocenters. The van der Waals surface area contributed by atoms with E-state index in [1.165, 1.54) is 5.69 Å². The van der Waals surface area contributed by atoms with Crippen molar-refractivity contribution >= 4 is 23.3 Å². The fourth-order valence-corrected chi connectivity index (χ4v) is 3.09. The van der Waals surface area contributed by atoms with Crippen LogP contribution in [0.5, 0.6) is 0 Å². The SMILES string of the molecule is O=C(NCc1ccccc1)NCC1CCN(c2ccc(Cl)cc2)C1. The number of amides is 2. The van der Waals surface area contributed by atoms with Gasteiger partial charge in [-0.15, -0.1) is 0 Å². The Morgan fingerprint density at radius 2 is 1.83 bits per heavy atom. The first-order chi connectivity index (χ1) is 11.7. The summed E-state index contributed by atoms with van der Waals surface area (Å²) in [5, 5.41) is 6.63. The summed E-state index contributed by atoms with van der Waals surface area (Å²) in [6.07, 6.45) is 1.08. The first-order valence-electron chi connectivity index (χ1n) is 8.27. The molecular weight excluding hydrogens is 322 g/mol.